The SMILES string of the molecule is O=C(O)C(F)(F)F.O=C(O)C(F)(F)F.O=C(c1ccncc1)N1CCOC2C(Cn3ccnc3)CCC21. The summed E-state index contributed by atoms with van der Waals surface area (Å²) in [7, 11) is 0. The third-order valence-corrected chi connectivity index (χ3v) is 5.40. The summed E-state index contributed by atoms with van der Waals surface area (Å²) < 4.78 is 71.6. The van der Waals surface area contributed by atoms with Gasteiger partial charge in [0, 0.05) is 49.4 Å². The summed E-state index contributed by atoms with van der Waals surface area (Å²) in [5, 5.41) is 14.2. The summed E-state index contributed by atoms with van der Waals surface area (Å²) in [4.78, 5) is 40.7. The van der Waals surface area contributed by atoms with Crippen molar-refractivity contribution in [2.45, 2.75) is 43.9 Å². The predicted molar refractivity (Wildman–Crippen MR) is 111 cm³/mol. The van der Waals surface area contributed by atoms with E-state index in [1.54, 1.807) is 30.7 Å². The Morgan fingerprint density at radius 3 is 2.00 bits per heavy atom. The molecule has 2 aromatic rings. The molecule has 3 heterocycles. The van der Waals surface area contributed by atoms with Crippen LogP contribution >= 0.6 is 0 Å². The van der Waals surface area contributed by atoms with Crippen LogP contribution < -0.4 is 0 Å². The van der Waals surface area contributed by atoms with Crippen molar-refractivity contribution in [3.63, 3.8) is 0 Å². The maximum Gasteiger partial charge on any atom is 0.490 e. The molecule has 1 saturated carbocycles. The lowest BCUT2D eigenvalue weighted by molar-refractivity contribution is -0.193. The van der Waals surface area contributed by atoms with Gasteiger partial charge in [-0.25, -0.2) is 14.6 Å². The number of nitrogens with zero attached hydrogens (tertiary/aromatic N) is 4. The van der Waals surface area contributed by atoms with Crippen LogP contribution in [-0.4, -0.2) is 85.1 Å². The van der Waals surface area contributed by atoms with Gasteiger partial charge in [-0.15, -0.1) is 0 Å². The van der Waals surface area contributed by atoms with Crippen LogP contribution in [0.3, 0.4) is 0 Å². The average Bonchev–Trinajstić information content (AvgIpc) is 3.49. The Labute approximate surface area is 205 Å². The highest BCUT2D eigenvalue weighted by molar-refractivity contribution is 5.94. The number of imidazole rings is 1. The molecule has 1 aliphatic heterocycles. The number of alkyl halides is 6. The zero-order chi connectivity index (χ0) is 27.8. The van der Waals surface area contributed by atoms with Crippen molar-refractivity contribution in [1.82, 2.24) is 19.4 Å². The maximum absolute atomic E-state index is 12.8. The number of carbonyl (C=O) groups is 3. The Morgan fingerprint density at radius 2 is 1.51 bits per heavy atom. The fourth-order valence-electron chi connectivity index (χ4n) is 3.83. The van der Waals surface area contributed by atoms with E-state index in [1.165, 1.54) is 0 Å². The number of carboxylic acids is 2. The smallest absolute Gasteiger partial charge is 0.475 e. The summed E-state index contributed by atoms with van der Waals surface area (Å²) in [6.07, 6.45) is 0.995. The number of morpholine rings is 1. The van der Waals surface area contributed by atoms with Gasteiger partial charge < -0.3 is 24.4 Å². The zero-order valence-electron chi connectivity index (χ0n) is 18.9. The number of hydrogen-bond donors (Lipinski definition) is 2. The summed E-state index contributed by atoms with van der Waals surface area (Å²) in [5.41, 5.74) is 0.707. The molecule has 37 heavy (non-hydrogen) atoms. The van der Waals surface area contributed by atoms with Gasteiger partial charge >= 0.3 is 24.3 Å². The van der Waals surface area contributed by atoms with Crippen molar-refractivity contribution in [2.75, 3.05) is 13.2 Å². The molecule has 1 amide bonds. The first-order chi connectivity index (χ1) is 17.2. The molecule has 2 N–H and O–H groups in total. The van der Waals surface area contributed by atoms with Gasteiger partial charge in [-0.1, -0.05) is 0 Å². The van der Waals surface area contributed by atoms with E-state index in [2.05, 4.69) is 14.5 Å². The highest BCUT2D eigenvalue weighted by atomic mass is 19.4. The molecule has 0 radical (unpaired) electrons. The molecule has 0 bridgehead atoms. The third-order valence-electron chi connectivity index (χ3n) is 5.40. The Hall–Kier alpha value is -3.69. The Balaban J connectivity index is 0.000000286. The molecule has 2 aliphatic rings. The first-order valence-corrected chi connectivity index (χ1v) is 10.6. The number of carbonyl (C=O) groups excluding carboxylic acids is 1. The van der Waals surface area contributed by atoms with E-state index in [9.17, 15) is 31.1 Å². The number of halogens is 6. The van der Waals surface area contributed by atoms with Crippen molar-refractivity contribution < 1.29 is 55.7 Å². The Bertz CT molecular complexity index is 1010. The van der Waals surface area contributed by atoms with Gasteiger partial charge in [-0.3, -0.25) is 9.78 Å². The lowest BCUT2D eigenvalue weighted by Gasteiger charge is -2.39. The minimum absolute atomic E-state index is 0.0916. The van der Waals surface area contributed by atoms with Crippen LogP contribution in [0.2, 0.25) is 0 Å². The topological polar surface area (TPSA) is 135 Å². The number of carboxylic acid groups (broad SMARTS) is 2. The number of aliphatic carboxylic acids is 2. The molecule has 204 valence electrons. The van der Waals surface area contributed by atoms with E-state index in [-0.39, 0.29) is 18.1 Å². The number of aromatic nitrogens is 3. The van der Waals surface area contributed by atoms with Crippen LogP contribution in [-0.2, 0) is 20.9 Å². The first-order valence-electron chi connectivity index (χ1n) is 10.6. The molecule has 16 heteroatoms. The summed E-state index contributed by atoms with van der Waals surface area (Å²) in [6.45, 7) is 2.18. The fourth-order valence-corrected chi connectivity index (χ4v) is 3.83. The van der Waals surface area contributed by atoms with Gasteiger partial charge in [0.15, 0.2) is 0 Å². The normalized spacial score (nSPS) is 21.0. The molecule has 10 nitrogen and oxygen atoms in total. The van der Waals surface area contributed by atoms with Crippen molar-refractivity contribution >= 4 is 17.8 Å². The molecule has 0 aromatic carbocycles. The minimum atomic E-state index is -5.08. The highest BCUT2D eigenvalue weighted by Crippen LogP contribution is 2.36. The van der Waals surface area contributed by atoms with Crippen LogP contribution in [0.4, 0.5) is 26.3 Å². The molecule has 0 spiro atoms. The number of fused-ring (bicyclic) bond motifs is 1. The van der Waals surface area contributed by atoms with Crippen LogP contribution in [0.5, 0.6) is 0 Å². The standard InChI is InChI=1S/C17H20N4O2.2C2HF3O2/c22-17(13-3-5-18-6-4-13)21-9-10-23-16-14(1-2-15(16)21)11-20-8-7-19-12-20;2*3-2(4,5)1(6)7/h3-8,12,14-16H,1-2,9-11H2;2*(H,6,7). The van der Waals surface area contributed by atoms with Gasteiger partial charge in [0.25, 0.3) is 5.91 Å². The summed E-state index contributed by atoms with van der Waals surface area (Å²) >= 11 is 0. The largest absolute Gasteiger partial charge is 0.490 e. The summed E-state index contributed by atoms with van der Waals surface area (Å²) in [6, 6.07) is 3.74. The van der Waals surface area contributed by atoms with Gasteiger partial charge in [0.05, 0.1) is 25.1 Å². The predicted octanol–water partition coefficient (Wildman–Crippen LogP) is 2.86. The van der Waals surface area contributed by atoms with Gasteiger partial charge in [-0.2, -0.15) is 26.3 Å². The Kier molecular flexibility index (Phi) is 9.99. The van der Waals surface area contributed by atoms with E-state index in [1.807, 2.05) is 17.4 Å². The van der Waals surface area contributed by atoms with Crippen LogP contribution in [0.1, 0.15) is 23.2 Å². The molecule has 1 aliphatic carbocycles. The van der Waals surface area contributed by atoms with Crippen molar-refractivity contribution in [3.8, 4) is 0 Å². The molecule has 3 unspecified atom stereocenters. The Morgan fingerprint density at radius 1 is 0.946 bits per heavy atom. The second-order valence-electron chi connectivity index (χ2n) is 7.84. The first kappa shape index (κ1) is 29.5. The van der Waals surface area contributed by atoms with Gasteiger partial charge in [0.2, 0.25) is 0 Å². The van der Waals surface area contributed by atoms with Gasteiger partial charge in [0.1, 0.15) is 0 Å². The number of pyridine rings is 1. The number of ether oxygens (including phenoxy) is 1. The van der Waals surface area contributed by atoms with Crippen LogP contribution in [0.25, 0.3) is 0 Å². The lowest BCUT2D eigenvalue weighted by atomic mass is 10.0. The summed E-state index contributed by atoms with van der Waals surface area (Å²) in [5.74, 6) is -4.99. The minimum Gasteiger partial charge on any atom is -0.475 e. The maximum atomic E-state index is 12.8. The molecular formula is C21H22F6N4O6. The van der Waals surface area contributed by atoms with E-state index >= 15 is 0 Å². The van der Waals surface area contributed by atoms with Crippen molar-refractivity contribution in [1.29, 1.82) is 0 Å². The van der Waals surface area contributed by atoms with E-state index < -0.39 is 24.3 Å². The number of rotatable bonds is 3. The molecular weight excluding hydrogens is 518 g/mol. The van der Waals surface area contributed by atoms with Crippen LogP contribution in [0.15, 0.2) is 43.2 Å². The number of hydrogen-bond acceptors (Lipinski definition) is 6. The van der Waals surface area contributed by atoms with Crippen LogP contribution in [0, 0.1) is 5.92 Å². The number of amides is 1. The molecule has 1 saturated heterocycles. The fraction of sp³-hybridized carbons (Fsp3) is 0.476. The molecule has 3 atom stereocenters. The van der Waals surface area contributed by atoms with E-state index in [0.29, 0.717) is 24.6 Å². The zero-order valence-corrected chi connectivity index (χ0v) is 18.9. The van der Waals surface area contributed by atoms with E-state index in [0.717, 1.165) is 19.4 Å². The second kappa shape index (κ2) is 12.5. The van der Waals surface area contributed by atoms with Gasteiger partial charge in [-0.05, 0) is 25.0 Å². The average molecular weight is 540 g/mol. The lowest BCUT2D eigenvalue weighted by Crippen LogP contribution is -2.53. The monoisotopic (exact) mass is 540 g/mol. The highest BCUT2D eigenvalue weighted by Gasteiger charge is 2.44. The van der Waals surface area contributed by atoms with Crippen molar-refractivity contribution in [2.24, 2.45) is 5.92 Å². The quantitative estimate of drug-likeness (QED) is 0.568. The van der Waals surface area contributed by atoms with Crippen molar-refractivity contribution in [3.05, 3.63) is 48.8 Å². The second-order valence-corrected chi connectivity index (χ2v) is 7.84. The molecule has 2 fully saturated rings. The molecule has 4 rings (SSSR count). The third kappa shape index (κ3) is 8.73. The molecule has 2 aromatic heterocycles. The van der Waals surface area contributed by atoms with E-state index in [4.69, 9.17) is 24.5 Å².